The highest BCUT2D eigenvalue weighted by molar-refractivity contribution is 6.11. The third-order valence-electron chi connectivity index (χ3n) is 15.9. The van der Waals surface area contributed by atoms with E-state index in [4.69, 9.17) is 0 Å². The fourth-order valence-corrected chi connectivity index (χ4v) is 13.3. The number of hydrogen-bond acceptors (Lipinski definition) is 1. The van der Waals surface area contributed by atoms with Crippen molar-refractivity contribution in [2.75, 3.05) is 4.90 Å². The molecule has 326 valence electrons. The summed E-state index contributed by atoms with van der Waals surface area (Å²) in [5, 5.41) is 2.43. The molecule has 3 aliphatic rings. The molecule has 15 rings (SSSR count). The van der Waals surface area contributed by atoms with Crippen LogP contribution in [0.2, 0.25) is 0 Å². The minimum atomic E-state index is -0.560. The van der Waals surface area contributed by atoms with Gasteiger partial charge in [-0.3, -0.25) is 0 Å². The molecule has 11 aromatic carbocycles. The average molecular weight is 889 g/mol. The van der Waals surface area contributed by atoms with Gasteiger partial charge in [0.15, 0.2) is 0 Å². The van der Waals surface area contributed by atoms with E-state index in [1.165, 1.54) is 99.7 Å². The number of anilines is 3. The average Bonchev–Trinajstić information content (AvgIpc) is 4.13. The van der Waals surface area contributed by atoms with Gasteiger partial charge in [0.25, 0.3) is 0 Å². The molecule has 0 fully saturated rings. The van der Waals surface area contributed by atoms with Crippen LogP contribution in [0.25, 0.3) is 60.9 Å². The first kappa shape index (κ1) is 39.1. The second-order valence-electron chi connectivity index (χ2n) is 19.1. The number of fused-ring (bicyclic) bond motifs is 16. The van der Waals surface area contributed by atoms with E-state index in [2.05, 4.69) is 276 Å². The number of para-hydroxylation sites is 2. The summed E-state index contributed by atoms with van der Waals surface area (Å²) in [7, 11) is 0. The lowest BCUT2D eigenvalue weighted by molar-refractivity contribution is 0.768. The summed E-state index contributed by atoms with van der Waals surface area (Å²) in [6, 6.07) is 99.9. The van der Waals surface area contributed by atoms with Crippen LogP contribution in [0, 0.1) is 0 Å². The maximum Gasteiger partial charge on any atom is 0.0726 e. The van der Waals surface area contributed by atoms with Gasteiger partial charge in [0.05, 0.1) is 27.6 Å². The molecule has 2 nitrogen and oxygen atoms in total. The lowest BCUT2D eigenvalue weighted by Gasteiger charge is -2.35. The van der Waals surface area contributed by atoms with E-state index >= 15 is 0 Å². The molecule has 0 N–H and O–H groups in total. The summed E-state index contributed by atoms with van der Waals surface area (Å²) in [5.41, 5.74) is 23.9. The van der Waals surface area contributed by atoms with Crippen LogP contribution in [0.1, 0.15) is 44.5 Å². The second kappa shape index (κ2) is 14.8. The van der Waals surface area contributed by atoms with Gasteiger partial charge in [0.2, 0.25) is 0 Å². The Labute approximate surface area is 407 Å². The normalized spacial score (nSPS) is 13.9. The van der Waals surface area contributed by atoms with Crippen LogP contribution in [0.3, 0.4) is 0 Å². The lowest BCUT2D eigenvalue weighted by Crippen LogP contribution is -2.28. The van der Waals surface area contributed by atoms with Gasteiger partial charge in [-0.15, -0.1) is 0 Å². The first-order valence-corrected chi connectivity index (χ1v) is 24.4. The van der Waals surface area contributed by atoms with Crippen LogP contribution >= 0.6 is 0 Å². The van der Waals surface area contributed by atoms with Crippen molar-refractivity contribution in [3.8, 4) is 39.1 Å². The van der Waals surface area contributed by atoms with Crippen molar-refractivity contribution >= 4 is 38.9 Å². The Bertz CT molecular complexity index is 3980. The van der Waals surface area contributed by atoms with E-state index in [1.807, 2.05) is 0 Å². The van der Waals surface area contributed by atoms with E-state index in [1.54, 1.807) is 0 Å². The molecule has 0 radical (unpaired) electrons. The van der Waals surface area contributed by atoms with Gasteiger partial charge in [-0.25, -0.2) is 0 Å². The van der Waals surface area contributed by atoms with Crippen molar-refractivity contribution in [2.45, 2.75) is 10.8 Å². The molecular formula is C68H44N2. The van der Waals surface area contributed by atoms with Gasteiger partial charge in [0, 0.05) is 33.4 Å². The van der Waals surface area contributed by atoms with E-state index in [9.17, 15) is 0 Å². The smallest absolute Gasteiger partial charge is 0.0726 e. The number of aromatic nitrogens is 1. The molecule has 0 atom stereocenters. The zero-order valence-corrected chi connectivity index (χ0v) is 38.3. The summed E-state index contributed by atoms with van der Waals surface area (Å²) in [6.45, 7) is 0. The topological polar surface area (TPSA) is 8.17 Å². The number of rotatable bonds is 6. The van der Waals surface area contributed by atoms with Crippen molar-refractivity contribution in [2.24, 2.45) is 0 Å². The van der Waals surface area contributed by atoms with E-state index < -0.39 is 10.8 Å². The second-order valence-corrected chi connectivity index (χ2v) is 19.1. The van der Waals surface area contributed by atoms with Crippen LogP contribution < -0.4 is 4.90 Å². The van der Waals surface area contributed by atoms with Crippen LogP contribution in [0.15, 0.2) is 267 Å². The molecule has 0 saturated carbocycles. The maximum atomic E-state index is 2.57. The molecule has 12 aromatic rings. The first-order chi connectivity index (χ1) is 34.8. The number of nitrogens with zero attached hydrogens (tertiary/aromatic N) is 2. The fourth-order valence-electron chi connectivity index (χ4n) is 13.3. The number of hydrogen-bond donors (Lipinski definition) is 0. The Morgan fingerprint density at radius 3 is 1.39 bits per heavy atom. The van der Waals surface area contributed by atoms with Gasteiger partial charge in [-0.2, -0.15) is 0 Å². The first-order valence-electron chi connectivity index (χ1n) is 24.4. The third-order valence-corrected chi connectivity index (χ3v) is 15.9. The zero-order chi connectivity index (χ0) is 46.0. The maximum absolute atomic E-state index is 2.57. The van der Waals surface area contributed by atoms with Gasteiger partial charge in [-0.05, 0) is 127 Å². The largest absolute Gasteiger partial charge is 0.310 e. The zero-order valence-electron chi connectivity index (χ0n) is 38.3. The molecule has 3 aliphatic carbocycles. The SMILES string of the molecule is c1ccc(-n2c3ccccc3c3cc(N(c4ccc5c(c4)C(c4ccccc4)(c4ccccc4)c4ccccc4-5)c4cccc5c4-c4ccccc4C54c5ccccc5-c5ccccc54)ccc32)cc1. The van der Waals surface area contributed by atoms with Crippen LogP contribution in [-0.2, 0) is 10.8 Å². The molecule has 70 heavy (non-hydrogen) atoms. The van der Waals surface area contributed by atoms with Crippen LogP contribution in [0.4, 0.5) is 17.1 Å². The van der Waals surface area contributed by atoms with Crippen LogP contribution in [-0.4, -0.2) is 4.57 Å². The Balaban J connectivity index is 1.05. The fraction of sp³-hybridized carbons (Fsp3) is 0.0294. The standard InChI is InChI=1S/C68H44N2/c1-4-21-45(22-5-1)67(46-23-6-2-7-24-46)57-32-15-10-29-52(57)53-41-39-49(44-62(53)67)69(48-40-42-64-56(43-48)54-30-14-19-37-63(54)70(64)47-25-8-3-9-26-47)65-38-20-36-61-66(65)55-31-13-18-35-60(55)68(61)58-33-16-11-27-50(58)51-28-12-17-34-59(51)68/h1-44H. The summed E-state index contributed by atoms with van der Waals surface area (Å²) < 4.78 is 2.41. The minimum Gasteiger partial charge on any atom is -0.310 e. The molecular weight excluding hydrogens is 845 g/mol. The summed E-state index contributed by atoms with van der Waals surface area (Å²) in [6.07, 6.45) is 0. The minimum absolute atomic E-state index is 0.483. The van der Waals surface area contributed by atoms with Gasteiger partial charge >= 0.3 is 0 Å². The van der Waals surface area contributed by atoms with Crippen molar-refractivity contribution in [1.29, 1.82) is 0 Å². The highest BCUT2D eigenvalue weighted by Crippen LogP contribution is 2.65. The molecule has 0 amide bonds. The van der Waals surface area contributed by atoms with Crippen molar-refractivity contribution < 1.29 is 0 Å². The summed E-state index contributed by atoms with van der Waals surface area (Å²) in [4.78, 5) is 2.57. The highest BCUT2D eigenvalue weighted by Gasteiger charge is 2.53. The molecule has 0 aliphatic heterocycles. The van der Waals surface area contributed by atoms with Gasteiger partial charge in [-0.1, -0.05) is 212 Å². The highest BCUT2D eigenvalue weighted by atomic mass is 15.1. The Morgan fingerprint density at radius 1 is 0.286 bits per heavy atom. The lowest BCUT2D eigenvalue weighted by atomic mass is 9.67. The van der Waals surface area contributed by atoms with Gasteiger partial charge in [0.1, 0.15) is 0 Å². The quantitative estimate of drug-likeness (QED) is 0.161. The molecule has 1 heterocycles. The Hall–Kier alpha value is -8.98. The predicted molar refractivity (Wildman–Crippen MR) is 289 cm³/mol. The predicted octanol–water partition coefficient (Wildman–Crippen LogP) is 17.0. The molecule has 1 aromatic heterocycles. The van der Waals surface area contributed by atoms with E-state index in [0.717, 1.165) is 22.7 Å². The Morgan fingerprint density at radius 2 is 0.743 bits per heavy atom. The molecule has 1 spiro atoms. The summed E-state index contributed by atoms with van der Waals surface area (Å²) in [5.74, 6) is 0. The third kappa shape index (κ3) is 5.07. The molecule has 2 heteroatoms. The monoisotopic (exact) mass is 888 g/mol. The van der Waals surface area contributed by atoms with E-state index in [0.29, 0.717) is 0 Å². The van der Waals surface area contributed by atoms with E-state index in [-0.39, 0.29) is 0 Å². The van der Waals surface area contributed by atoms with Crippen molar-refractivity contribution in [3.63, 3.8) is 0 Å². The van der Waals surface area contributed by atoms with Gasteiger partial charge < -0.3 is 9.47 Å². The van der Waals surface area contributed by atoms with Crippen molar-refractivity contribution in [1.82, 2.24) is 4.57 Å². The molecule has 0 unspecified atom stereocenters. The van der Waals surface area contributed by atoms with Crippen LogP contribution in [0.5, 0.6) is 0 Å². The molecule has 0 bridgehead atoms. The van der Waals surface area contributed by atoms with Crippen molar-refractivity contribution in [3.05, 3.63) is 311 Å². The molecule has 0 saturated heterocycles. The Kier molecular flexibility index (Phi) is 8.24. The number of benzene rings is 11. The summed E-state index contributed by atoms with van der Waals surface area (Å²) >= 11 is 0.